The van der Waals surface area contributed by atoms with Crippen LogP contribution in [0.25, 0.3) is 0 Å². The first-order chi connectivity index (χ1) is 10.1. The fourth-order valence-corrected chi connectivity index (χ4v) is 2.44. The fourth-order valence-electron chi connectivity index (χ4n) is 2.44. The highest BCUT2D eigenvalue weighted by atomic mass is 16.2. The molecule has 2 heteroatoms. The molecule has 0 bridgehead atoms. The first-order valence-electron chi connectivity index (χ1n) is 7.33. The first kappa shape index (κ1) is 15.2. The van der Waals surface area contributed by atoms with E-state index in [1.807, 2.05) is 50.2 Å². The van der Waals surface area contributed by atoms with Crippen LogP contribution in [0, 0.1) is 11.8 Å². The van der Waals surface area contributed by atoms with Crippen molar-refractivity contribution in [2.75, 3.05) is 0 Å². The van der Waals surface area contributed by atoms with E-state index in [0.717, 1.165) is 6.42 Å². The van der Waals surface area contributed by atoms with Crippen LogP contribution in [0.2, 0.25) is 0 Å². The van der Waals surface area contributed by atoms with Crippen LogP contribution in [0.4, 0.5) is 0 Å². The highest BCUT2D eigenvalue weighted by Crippen LogP contribution is 2.24. The summed E-state index contributed by atoms with van der Waals surface area (Å²) in [5.74, 6) is -0.761. The molecule has 0 aliphatic rings. The Morgan fingerprint density at radius 3 is 1.52 bits per heavy atom. The third-order valence-electron chi connectivity index (χ3n) is 3.89. The molecule has 0 aliphatic heterocycles. The molecular formula is C19H20O2. The molecular weight excluding hydrogens is 260 g/mol. The standard InChI is InChI=1S/C19H20O2/c1-3-14(2)17(18(20)15-10-6-4-7-11-15)19(21)16-12-8-5-9-13-16/h4-14,17H,3H2,1-2H3. The van der Waals surface area contributed by atoms with E-state index >= 15 is 0 Å². The monoisotopic (exact) mass is 280 g/mol. The van der Waals surface area contributed by atoms with Gasteiger partial charge in [0.15, 0.2) is 11.6 Å². The molecule has 2 nitrogen and oxygen atoms in total. The van der Waals surface area contributed by atoms with Gasteiger partial charge in [0.05, 0.1) is 5.92 Å². The lowest BCUT2D eigenvalue weighted by Crippen LogP contribution is -2.30. The number of hydrogen-bond acceptors (Lipinski definition) is 2. The second kappa shape index (κ2) is 6.98. The molecule has 108 valence electrons. The normalized spacial score (nSPS) is 12.1. The lowest BCUT2D eigenvalue weighted by Gasteiger charge is -2.20. The Morgan fingerprint density at radius 2 is 1.19 bits per heavy atom. The minimum absolute atomic E-state index is 0.0189. The molecule has 0 radical (unpaired) electrons. The van der Waals surface area contributed by atoms with Crippen LogP contribution in [-0.4, -0.2) is 11.6 Å². The molecule has 2 aromatic rings. The maximum atomic E-state index is 12.7. The van der Waals surface area contributed by atoms with E-state index in [1.54, 1.807) is 24.3 Å². The van der Waals surface area contributed by atoms with E-state index < -0.39 is 5.92 Å². The summed E-state index contributed by atoms with van der Waals surface area (Å²) in [6, 6.07) is 18.1. The molecule has 0 heterocycles. The molecule has 2 aromatic carbocycles. The number of Topliss-reactive ketones (excluding diaryl/α,β-unsaturated/α-hetero) is 2. The second-order valence-electron chi connectivity index (χ2n) is 5.32. The van der Waals surface area contributed by atoms with Crippen molar-refractivity contribution in [3.8, 4) is 0 Å². The van der Waals surface area contributed by atoms with Crippen LogP contribution in [0.1, 0.15) is 41.0 Å². The first-order valence-corrected chi connectivity index (χ1v) is 7.33. The number of rotatable bonds is 6. The van der Waals surface area contributed by atoms with Gasteiger partial charge in [-0.1, -0.05) is 80.9 Å². The Balaban J connectivity index is 2.35. The van der Waals surface area contributed by atoms with Gasteiger partial charge in [-0.3, -0.25) is 9.59 Å². The van der Waals surface area contributed by atoms with Crippen LogP contribution >= 0.6 is 0 Å². The summed E-state index contributed by atoms with van der Waals surface area (Å²) in [6.07, 6.45) is 0.793. The van der Waals surface area contributed by atoms with Crippen LogP contribution in [0.15, 0.2) is 60.7 Å². The van der Waals surface area contributed by atoms with Gasteiger partial charge in [-0.05, 0) is 5.92 Å². The average Bonchev–Trinajstić information content (AvgIpc) is 2.56. The van der Waals surface area contributed by atoms with E-state index in [1.165, 1.54) is 0 Å². The van der Waals surface area contributed by atoms with Gasteiger partial charge in [0.25, 0.3) is 0 Å². The maximum absolute atomic E-state index is 12.7. The topological polar surface area (TPSA) is 34.1 Å². The quantitative estimate of drug-likeness (QED) is 0.580. The third-order valence-corrected chi connectivity index (χ3v) is 3.89. The zero-order valence-corrected chi connectivity index (χ0v) is 12.5. The molecule has 0 N–H and O–H groups in total. The van der Waals surface area contributed by atoms with Gasteiger partial charge in [0, 0.05) is 11.1 Å². The van der Waals surface area contributed by atoms with E-state index in [4.69, 9.17) is 0 Å². The number of hydrogen-bond donors (Lipinski definition) is 0. The minimum atomic E-state index is -0.611. The Morgan fingerprint density at radius 1 is 0.810 bits per heavy atom. The molecule has 0 aromatic heterocycles. The van der Waals surface area contributed by atoms with Crippen molar-refractivity contribution < 1.29 is 9.59 Å². The van der Waals surface area contributed by atoms with Gasteiger partial charge in [0.1, 0.15) is 0 Å². The molecule has 0 saturated carbocycles. The molecule has 21 heavy (non-hydrogen) atoms. The molecule has 1 unspecified atom stereocenters. The number of carbonyl (C=O) groups excluding carboxylic acids is 2. The summed E-state index contributed by atoms with van der Waals surface area (Å²) in [4.78, 5) is 25.5. The van der Waals surface area contributed by atoms with Gasteiger partial charge in [-0.15, -0.1) is 0 Å². The molecule has 0 spiro atoms. The number of ketones is 2. The SMILES string of the molecule is CCC(C)C(C(=O)c1ccccc1)C(=O)c1ccccc1. The van der Waals surface area contributed by atoms with Gasteiger partial charge in [-0.2, -0.15) is 0 Å². The van der Waals surface area contributed by atoms with Crippen LogP contribution in [0.5, 0.6) is 0 Å². The summed E-state index contributed by atoms with van der Waals surface area (Å²) in [5.41, 5.74) is 1.21. The van der Waals surface area contributed by atoms with Gasteiger partial charge >= 0.3 is 0 Å². The molecule has 0 amide bonds. The Labute approximate surface area is 125 Å². The van der Waals surface area contributed by atoms with Gasteiger partial charge in [0.2, 0.25) is 0 Å². The highest BCUT2D eigenvalue weighted by molar-refractivity contribution is 6.16. The maximum Gasteiger partial charge on any atom is 0.173 e. The van der Waals surface area contributed by atoms with Gasteiger partial charge in [-0.25, -0.2) is 0 Å². The van der Waals surface area contributed by atoms with Crippen LogP contribution < -0.4 is 0 Å². The summed E-state index contributed by atoms with van der Waals surface area (Å²) in [6.45, 7) is 3.97. The van der Waals surface area contributed by atoms with Crippen molar-refractivity contribution in [2.24, 2.45) is 11.8 Å². The minimum Gasteiger partial charge on any atom is -0.293 e. The molecule has 1 atom stereocenters. The van der Waals surface area contributed by atoms with Crippen molar-refractivity contribution in [2.45, 2.75) is 20.3 Å². The average molecular weight is 280 g/mol. The summed E-state index contributed by atoms with van der Waals surface area (Å²) in [7, 11) is 0. The smallest absolute Gasteiger partial charge is 0.173 e. The van der Waals surface area contributed by atoms with Crippen LogP contribution in [-0.2, 0) is 0 Å². The van der Waals surface area contributed by atoms with Crippen molar-refractivity contribution in [1.29, 1.82) is 0 Å². The van der Waals surface area contributed by atoms with E-state index in [0.29, 0.717) is 11.1 Å². The summed E-state index contributed by atoms with van der Waals surface area (Å²) >= 11 is 0. The third kappa shape index (κ3) is 3.46. The second-order valence-corrected chi connectivity index (χ2v) is 5.32. The summed E-state index contributed by atoms with van der Waals surface area (Å²) < 4.78 is 0. The molecule has 2 rings (SSSR count). The van der Waals surface area contributed by atoms with E-state index in [9.17, 15) is 9.59 Å². The number of benzene rings is 2. The fraction of sp³-hybridized carbons (Fsp3) is 0.263. The van der Waals surface area contributed by atoms with Gasteiger partial charge < -0.3 is 0 Å². The lowest BCUT2D eigenvalue weighted by molar-refractivity contribution is 0.0756. The predicted molar refractivity (Wildman–Crippen MR) is 84.5 cm³/mol. The Hall–Kier alpha value is -2.22. The van der Waals surface area contributed by atoms with E-state index in [-0.39, 0.29) is 17.5 Å². The number of carbonyl (C=O) groups is 2. The Bertz CT molecular complexity index is 550. The van der Waals surface area contributed by atoms with Crippen molar-refractivity contribution in [3.63, 3.8) is 0 Å². The Kier molecular flexibility index (Phi) is 5.04. The highest BCUT2D eigenvalue weighted by Gasteiger charge is 2.32. The largest absolute Gasteiger partial charge is 0.293 e. The van der Waals surface area contributed by atoms with Crippen molar-refractivity contribution in [3.05, 3.63) is 71.8 Å². The molecule has 0 saturated heterocycles. The molecule has 0 aliphatic carbocycles. The zero-order chi connectivity index (χ0) is 15.2. The van der Waals surface area contributed by atoms with Crippen LogP contribution in [0.3, 0.4) is 0 Å². The molecule has 0 fully saturated rings. The van der Waals surface area contributed by atoms with Crippen molar-refractivity contribution >= 4 is 11.6 Å². The predicted octanol–water partition coefficient (Wildman–Crippen LogP) is 4.41. The lowest BCUT2D eigenvalue weighted by atomic mass is 9.80. The van der Waals surface area contributed by atoms with Crippen molar-refractivity contribution in [1.82, 2.24) is 0 Å². The summed E-state index contributed by atoms with van der Waals surface area (Å²) in [5, 5.41) is 0. The van der Waals surface area contributed by atoms with E-state index in [2.05, 4.69) is 0 Å². The zero-order valence-electron chi connectivity index (χ0n) is 12.5.